The van der Waals surface area contributed by atoms with Crippen molar-refractivity contribution in [2.45, 2.75) is 32.9 Å². The minimum absolute atomic E-state index is 0. The van der Waals surface area contributed by atoms with Gasteiger partial charge in [0, 0.05) is 32.4 Å². The fourth-order valence-electron chi connectivity index (χ4n) is 3.17. The minimum Gasteiger partial charge on any atom is -0.493 e. The van der Waals surface area contributed by atoms with E-state index in [0.29, 0.717) is 6.61 Å². The van der Waals surface area contributed by atoms with Crippen LogP contribution in [0.1, 0.15) is 30.9 Å². The number of ether oxygens (including phenoxy) is 2. The van der Waals surface area contributed by atoms with Crippen LogP contribution in [0.3, 0.4) is 0 Å². The zero-order chi connectivity index (χ0) is 18.4. The molecule has 2 heterocycles. The van der Waals surface area contributed by atoms with Gasteiger partial charge in [0.1, 0.15) is 5.82 Å². The van der Waals surface area contributed by atoms with Crippen LogP contribution in [0.4, 0.5) is 5.82 Å². The SMILES string of the molecule is CCOc1c(Br)cc(CNCc2ccc(N3CCCC3)nc2)cc1OC.Cl. The number of hydrogen-bond acceptors (Lipinski definition) is 5. The summed E-state index contributed by atoms with van der Waals surface area (Å²) in [4.78, 5) is 6.95. The van der Waals surface area contributed by atoms with Crippen LogP contribution in [0.15, 0.2) is 34.9 Å². The Bertz CT molecular complexity index is 722. The highest BCUT2D eigenvalue weighted by molar-refractivity contribution is 9.10. The Labute approximate surface area is 176 Å². The van der Waals surface area contributed by atoms with Gasteiger partial charge in [0.15, 0.2) is 11.5 Å². The van der Waals surface area contributed by atoms with Crippen molar-refractivity contribution in [1.29, 1.82) is 0 Å². The standard InChI is InChI=1S/C20H26BrN3O2.ClH/c1-3-26-20-17(21)10-16(11-18(20)25-2)13-22-12-15-6-7-19(23-14-15)24-8-4-5-9-24;/h6-7,10-11,14,22H,3-5,8-9,12-13H2,1-2H3;1H. The molecule has 148 valence electrons. The summed E-state index contributed by atoms with van der Waals surface area (Å²) >= 11 is 3.57. The average molecular weight is 457 g/mol. The number of pyridine rings is 1. The van der Waals surface area contributed by atoms with Crippen molar-refractivity contribution in [3.05, 3.63) is 46.1 Å². The molecule has 5 nitrogen and oxygen atoms in total. The Hall–Kier alpha value is -1.50. The molecule has 1 aliphatic rings. The lowest BCUT2D eigenvalue weighted by Gasteiger charge is -2.16. The lowest BCUT2D eigenvalue weighted by atomic mass is 10.2. The van der Waals surface area contributed by atoms with E-state index in [0.717, 1.165) is 53.5 Å². The molecule has 1 N–H and O–H groups in total. The van der Waals surface area contributed by atoms with E-state index in [2.05, 4.69) is 49.3 Å². The van der Waals surface area contributed by atoms with Crippen LogP contribution in [0.5, 0.6) is 11.5 Å². The number of nitrogens with zero attached hydrogens (tertiary/aromatic N) is 2. The first-order valence-corrected chi connectivity index (χ1v) is 9.90. The van der Waals surface area contributed by atoms with Gasteiger partial charge in [-0.05, 0) is 65.0 Å². The molecule has 1 aliphatic heterocycles. The van der Waals surface area contributed by atoms with Gasteiger partial charge in [-0.25, -0.2) is 4.98 Å². The summed E-state index contributed by atoms with van der Waals surface area (Å²) in [5, 5.41) is 3.47. The quantitative estimate of drug-likeness (QED) is 0.631. The Balaban J connectivity index is 0.00000261. The van der Waals surface area contributed by atoms with Gasteiger partial charge in [-0.2, -0.15) is 0 Å². The van der Waals surface area contributed by atoms with Crippen LogP contribution in [-0.2, 0) is 13.1 Å². The predicted molar refractivity (Wildman–Crippen MR) is 115 cm³/mol. The largest absolute Gasteiger partial charge is 0.493 e. The van der Waals surface area contributed by atoms with E-state index in [-0.39, 0.29) is 12.4 Å². The molecule has 3 rings (SSSR count). The molecule has 0 atom stereocenters. The molecule has 1 saturated heterocycles. The number of rotatable bonds is 8. The topological polar surface area (TPSA) is 46.6 Å². The number of anilines is 1. The molecule has 0 spiro atoms. The van der Waals surface area contributed by atoms with E-state index < -0.39 is 0 Å². The van der Waals surface area contributed by atoms with Gasteiger partial charge in [-0.15, -0.1) is 12.4 Å². The zero-order valence-electron chi connectivity index (χ0n) is 15.8. The maximum Gasteiger partial charge on any atom is 0.175 e. The summed E-state index contributed by atoms with van der Waals surface area (Å²) in [6.07, 6.45) is 4.51. The van der Waals surface area contributed by atoms with Crippen LogP contribution in [0.2, 0.25) is 0 Å². The second kappa shape index (κ2) is 10.7. The number of methoxy groups -OCH3 is 1. The first-order valence-electron chi connectivity index (χ1n) is 9.11. The summed E-state index contributed by atoms with van der Waals surface area (Å²) in [6, 6.07) is 8.36. The first kappa shape index (κ1) is 21.8. The van der Waals surface area contributed by atoms with E-state index in [1.807, 2.05) is 19.2 Å². The lowest BCUT2D eigenvalue weighted by Crippen LogP contribution is -2.19. The van der Waals surface area contributed by atoms with Crippen molar-refractivity contribution in [1.82, 2.24) is 10.3 Å². The van der Waals surface area contributed by atoms with Crippen molar-refractivity contribution in [2.75, 3.05) is 31.7 Å². The molecular formula is C20H27BrClN3O2. The monoisotopic (exact) mass is 455 g/mol. The Morgan fingerprint density at radius 1 is 1.15 bits per heavy atom. The highest BCUT2D eigenvalue weighted by Crippen LogP contribution is 2.36. The molecular weight excluding hydrogens is 430 g/mol. The third-order valence-corrected chi connectivity index (χ3v) is 5.06. The van der Waals surface area contributed by atoms with Gasteiger partial charge >= 0.3 is 0 Å². The van der Waals surface area contributed by atoms with E-state index in [4.69, 9.17) is 9.47 Å². The molecule has 27 heavy (non-hydrogen) atoms. The summed E-state index contributed by atoms with van der Waals surface area (Å²) < 4.78 is 12.0. The van der Waals surface area contributed by atoms with Crippen LogP contribution >= 0.6 is 28.3 Å². The molecule has 0 saturated carbocycles. The lowest BCUT2D eigenvalue weighted by molar-refractivity contribution is 0.308. The van der Waals surface area contributed by atoms with Gasteiger partial charge in [-0.3, -0.25) is 0 Å². The zero-order valence-corrected chi connectivity index (χ0v) is 18.2. The van der Waals surface area contributed by atoms with Gasteiger partial charge < -0.3 is 19.7 Å². The summed E-state index contributed by atoms with van der Waals surface area (Å²) in [5.74, 6) is 2.58. The molecule has 1 fully saturated rings. The van der Waals surface area contributed by atoms with Gasteiger partial charge in [0.2, 0.25) is 0 Å². The summed E-state index contributed by atoms with van der Waals surface area (Å²) in [6.45, 7) is 6.34. The number of halogens is 2. The van der Waals surface area contributed by atoms with Crippen LogP contribution < -0.4 is 19.7 Å². The molecule has 7 heteroatoms. The Morgan fingerprint density at radius 3 is 2.52 bits per heavy atom. The van der Waals surface area contributed by atoms with Crippen LogP contribution in [0.25, 0.3) is 0 Å². The Kier molecular flexibility index (Phi) is 8.67. The van der Waals surface area contributed by atoms with Crippen LogP contribution in [0, 0.1) is 0 Å². The van der Waals surface area contributed by atoms with Gasteiger partial charge in [0.25, 0.3) is 0 Å². The molecule has 1 aromatic heterocycles. The molecule has 0 aliphatic carbocycles. The molecule has 0 radical (unpaired) electrons. The first-order chi connectivity index (χ1) is 12.7. The third-order valence-electron chi connectivity index (χ3n) is 4.48. The van der Waals surface area contributed by atoms with Crippen molar-refractivity contribution < 1.29 is 9.47 Å². The fraction of sp³-hybridized carbons (Fsp3) is 0.450. The minimum atomic E-state index is 0. The van der Waals surface area contributed by atoms with Crippen molar-refractivity contribution in [3.8, 4) is 11.5 Å². The van der Waals surface area contributed by atoms with Crippen molar-refractivity contribution >= 4 is 34.2 Å². The number of nitrogens with one attached hydrogen (secondary N) is 1. The third kappa shape index (κ3) is 5.74. The predicted octanol–water partition coefficient (Wildman–Crippen LogP) is 4.56. The van der Waals surface area contributed by atoms with Crippen molar-refractivity contribution in [2.24, 2.45) is 0 Å². The van der Waals surface area contributed by atoms with Gasteiger partial charge in [0.05, 0.1) is 18.2 Å². The average Bonchev–Trinajstić information content (AvgIpc) is 3.19. The molecule has 0 amide bonds. The Morgan fingerprint density at radius 2 is 1.89 bits per heavy atom. The van der Waals surface area contributed by atoms with Crippen LogP contribution in [-0.4, -0.2) is 31.8 Å². The normalized spacial score (nSPS) is 13.4. The molecule has 1 aromatic carbocycles. The molecule has 2 aromatic rings. The van der Waals surface area contributed by atoms with E-state index >= 15 is 0 Å². The highest BCUT2D eigenvalue weighted by Gasteiger charge is 2.13. The number of hydrogen-bond donors (Lipinski definition) is 1. The van der Waals surface area contributed by atoms with E-state index in [9.17, 15) is 0 Å². The molecule has 0 unspecified atom stereocenters. The van der Waals surface area contributed by atoms with E-state index in [1.165, 1.54) is 18.4 Å². The maximum absolute atomic E-state index is 5.64. The second-order valence-electron chi connectivity index (χ2n) is 6.36. The smallest absolute Gasteiger partial charge is 0.175 e. The second-order valence-corrected chi connectivity index (χ2v) is 7.22. The molecule has 0 bridgehead atoms. The van der Waals surface area contributed by atoms with Crippen molar-refractivity contribution in [3.63, 3.8) is 0 Å². The summed E-state index contributed by atoms with van der Waals surface area (Å²) in [7, 11) is 1.66. The van der Waals surface area contributed by atoms with Gasteiger partial charge in [-0.1, -0.05) is 6.07 Å². The highest BCUT2D eigenvalue weighted by atomic mass is 79.9. The summed E-state index contributed by atoms with van der Waals surface area (Å²) in [5.41, 5.74) is 2.32. The number of aromatic nitrogens is 1. The maximum atomic E-state index is 5.64. The van der Waals surface area contributed by atoms with E-state index in [1.54, 1.807) is 7.11 Å². The number of benzene rings is 1. The fourth-order valence-corrected chi connectivity index (χ4v) is 3.77.